The lowest BCUT2D eigenvalue weighted by Gasteiger charge is -2.18. The highest BCUT2D eigenvalue weighted by Crippen LogP contribution is 2.22. The van der Waals surface area contributed by atoms with Crippen LogP contribution in [0, 0.1) is 5.92 Å². The molecule has 3 nitrogen and oxygen atoms in total. The average molecular weight is 155 g/mol. The molecule has 1 aliphatic carbocycles. The van der Waals surface area contributed by atoms with Gasteiger partial charge in [-0.2, -0.15) is 0 Å². The number of rotatable bonds is 2. The van der Waals surface area contributed by atoms with Gasteiger partial charge in [-0.05, 0) is 12.8 Å². The van der Waals surface area contributed by atoms with Crippen LogP contribution in [0.25, 0.3) is 0 Å². The molecule has 1 rings (SSSR count). The van der Waals surface area contributed by atoms with Gasteiger partial charge in [-0.1, -0.05) is 6.42 Å². The van der Waals surface area contributed by atoms with E-state index in [0.29, 0.717) is 6.42 Å². The van der Waals surface area contributed by atoms with Crippen LogP contribution in [0.5, 0.6) is 0 Å². The fraction of sp³-hybridized carbons (Fsp3) is 0.750. The van der Waals surface area contributed by atoms with Crippen molar-refractivity contribution in [3.63, 3.8) is 0 Å². The topological polar surface area (TPSA) is 60.2 Å². The van der Waals surface area contributed by atoms with Gasteiger partial charge < -0.3 is 5.73 Å². The first kappa shape index (κ1) is 8.24. The lowest BCUT2D eigenvalue weighted by Crippen LogP contribution is -2.25. The molecule has 1 aliphatic rings. The summed E-state index contributed by atoms with van der Waals surface area (Å²) < 4.78 is 0. The molecule has 1 atom stereocenters. The maximum Gasteiger partial charge on any atom is 0.218 e. The molecule has 11 heavy (non-hydrogen) atoms. The summed E-state index contributed by atoms with van der Waals surface area (Å²) in [6.07, 6.45) is 3.77. The Labute approximate surface area is 66.0 Å². The van der Waals surface area contributed by atoms with E-state index >= 15 is 0 Å². The standard InChI is InChI=1S/C8H13NO2/c9-8(11)5-6-3-1-2-4-7(6)10/h6H,1-5H2,(H2,9,11)/t6-/m0/s1. The van der Waals surface area contributed by atoms with Gasteiger partial charge in [-0.25, -0.2) is 0 Å². The largest absolute Gasteiger partial charge is 0.370 e. The summed E-state index contributed by atoms with van der Waals surface area (Å²) in [6.45, 7) is 0. The summed E-state index contributed by atoms with van der Waals surface area (Å²) >= 11 is 0. The lowest BCUT2D eigenvalue weighted by atomic mass is 9.86. The Morgan fingerprint density at radius 1 is 1.55 bits per heavy atom. The van der Waals surface area contributed by atoms with Gasteiger partial charge in [0, 0.05) is 18.8 Å². The van der Waals surface area contributed by atoms with Crippen LogP contribution in [0.3, 0.4) is 0 Å². The minimum atomic E-state index is -0.356. The summed E-state index contributed by atoms with van der Waals surface area (Å²) in [7, 11) is 0. The molecule has 2 N–H and O–H groups in total. The smallest absolute Gasteiger partial charge is 0.218 e. The lowest BCUT2D eigenvalue weighted by molar-refractivity contribution is -0.129. The van der Waals surface area contributed by atoms with Crippen LogP contribution in [0.2, 0.25) is 0 Å². The number of primary amides is 1. The van der Waals surface area contributed by atoms with E-state index in [4.69, 9.17) is 5.73 Å². The molecule has 1 amide bonds. The first-order chi connectivity index (χ1) is 5.20. The highest BCUT2D eigenvalue weighted by Gasteiger charge is 2.23. The second kappa shape index (κ2) is 3.51. The monoisotopic (exact) mass is 155 g/mol. The van der Waals surface area contributed by atoms with E-state index in [1.807, 2.05) is 0 Å². The van der Waals surface area contributed by atoms with Crippen molar-refractivity contribution in [2.75, 3.05) is 0 Å². The molecule has 62 valence electrons. The molecule has 0 aromatic heterocycles. The van der Waals surface area contributed by atoms with E-state index in [-0.39, 0.29) is 24.0 Å². The first-order valence-corrected chi connectivity index (χ1v) is 4.01. The minimum absolute atomic E-state index is 0.0683. The molecule has 0 heterocycles. The zero-order chi connectivity index (χ0) is 8.27. The van der Waals surface area contributed by atoms with E-state index in [1.54, 1.807) is 0 Å². The van der Waals surface area contributed by atoms with Gasteiger partial charge in [0.1, 0.15) is 5.78 Å². The molecule has 1 fully saturated rings. The summed E-state index contributed by atoms with van der Waals surface area (Å²) in [5, 5.41) is 0. The zero-order valence-electron chi connectivity index (χ0n) is 6.51. The highest BCUT2D eigenvalue weighted by atomic mass is 16.1. The Morgan fingerprint density at radius 3 is 2.82 bits per heavy atom. The number of carbonyl (C=O) groups excluding carboxylic acids is 2. The number of ketones is 1. The third kappa shape index (κ3) is 2.33. The molecule has 0 unspecified atom stereocenters. The Bertz CT molecular complexity index is 177. The predicted octanol–water partition coefficient (Wildman–Crippen LogP) is 0.621. The summed E-state index contributed by atoms with van der Waals surface area (Å²) in [4.78, 5) is 21.6. The molecule has 0 spiro atoms. The molecule has 0 aromatic carbocycles. The maximum absolute atomic E-state index is 11.1. The van der Waals surface area contributed by atoms with Gasteiger partial charge in [0.05, 0.1) is 0 Å². The van der Waals surface area contributed by atoms with Crippen LogP contribution in [0.15, 0.2) is 0 Å². The number of hydrogen-bond acceptors (Lipinski definition) is 2. The number of Topliss-reactive ketones (excluding diaryl/α,β-unsaturated/α-hetero) is 1. The summed E-state index contributed by atoms with van der Waals surface area (Å²) in [6, 6.07) is 0. The van der Waals surface area contributed by atoms with Crippen LogP contribution >= 0.6 is 0 Å². The number of hydrogen-bond donors (Lipinski definition) is 1. The Hall–Kier alpha value is -0.860. The van der Waals surface area contributed by atoms with Gasteiger partial charge in [0.15, 0.2) is 0 Å². The number of amides is 1. The van der Waals surface area contributed by atoms with Gasteiger partial charge in [0.2, 0.25) is 5.91 Å². The molecular formula is C8H13NO2. The molecule has 3 heteroatoms. The van der Waals surface area contributed by atoms with E-state index in [1.165, 1.54) is 0 Å². The molecule has 0 radical (unpaired) electrons. The van der Waals surface area contributed by atoms with Crippen molar-refractivity contribution < 1.29 is 9.59 Å². The zero-order valence-corrected chi connectivity index (χ0v) is 6.51. The van der Waals surface area contributed by atoms with Crippen molar-refractivity contribution in [2.45, 2.75) is 32.1 Å². The third-order valence-corrected chi connectivity index (χ3v) is 2.13. The molecule has 0 saturated heterocycles. The van der Waals surface area contributed by atoms with Crippen molar-refractivity contribution in [1.82, 2.24) is 0 Å². The van der Waals surface area contributed by atoms with Gasteiger partial charge in [-0.15, -0.1) is 0 Å². The summed E-state index contributed by atoms with van der Waals surface area (Å²) in [5.41, 5.74) is 4.99. The van der Waals surface area contributed by atoms with E-state index < -0.39 is 0 Å². The third-order valence-electron chi connectivity index (χ3n) is 2.13. The second-order valence-corrected chi connectivity index (χ2v) is 3.08. The Kier molecular flexibility index (Phi) is 2.63. The molecule has 0 bridgehead atoms. The van der Waals surface area contributed by atoms with Crippen molar-refractivity contribution in [2.24, 2.45) is 11.7 Å². The summed E-state index contributed by atoms with van der Waals surface area (Å²) in [5.74, 6) is -0.207. The fourth-order valence-corrected chi connectivity index (χ4v) is 1.51. The number of carbonyl (C=O) groups is 2. The average Bonchev–Trinajstić information content (AvgIpc) is 1.93. The molecule has 1 saturated carbocycles. The predicted molar refractivity (Wildman–Crippen MR) is 40.8 cm³/mol. The van der Waals surface area contributed by atoms with Crippen molar-refractivity contribution in [1.29, 1.82) is 0 Å². The minimum Gasteiger partial charge on any atom is -0.370 e. The van der Waals surface area contributed by atoms with Gasteiger partial charge in [-0.3, -0.25) is 9.59 Å². The van der Waals surface area contributed by atoms with Crippen LogP contribution in [-0.4, -0.2) is 11.7 Å². The maximum atomic E-state index is 11.1. The van der Waals surface area contributed by atoms with E-state index in [9.17, 15) is 9.59 Å². The Morgan fingerprint density at radius 2 is 2.27 bits per heavy atom. The van der Waals surface area contributed by atoms with Gasteiger partial charge >= 0.3 is 0 Å². The van der Waals surface area contributed by atoms with Crippen molar-refractivity contribution >= 4 is 11.7 Å². The normalized spacial score (nSPS) is 25.1. The number of nitrogens with two attached hydrogens (primary N) is 1. The van der Waals surface area contributed by atoms with Crippen LogP contribution in [0.4, 0.5) is 0 Å². The second-order valence-electron chi connectivity index (χ2n) is 3.08. The fourth-order valence-electron chi connectivity index (χ4n) is 1.51. The highest BCUT2D eigenvalue weighted by molar-refractivity contribution is 5.86. The van der Waals surface area contributed by atoms with Crippen molar-refractivity contribution in [3.05, 3.63) is 0 Å². The van der Waals surface area contributed by atoms with E-state index in [2.05, 4.69) is 0 Å². The first-order valence-electron chi connectivity index (χ1n) is 4.01. The molecule has 0 aromatic rings. The molecular weight excluding hydrogens is 142 g/mol. The molecule has 0 aliphatic heterocycles. The van der Waals surface area contributed by atoms with Crippen molar-refractivity contribution in [3.8, 4) is 0 Å². The van der Waals surface area contributed by atoms with E-state index in [0.717, 1.165) is 19.3 Å². The SMILES string of the molecule is NC(=O)C[C@@H]1CCCCC1=O. The quantitative estimate of drug-likeness (QED) is 0.635. The Balaban J connectivity index is 2.42. The van der Waals surface area contributed by atoms with Gasteiger partial charge in [0.25, 0.3) is 0 Å². The van der Waals surface area contributed by atoms with Crippen LogP contribution < -0.4 is 5.73 Å². The van der Waals surface area contributed by atoms with Crippen LogP contribution in [0.1, 0.15) is 32.1 Å². The van der Waals surface area contributed by atoms with Crippen LogP contribution in [-0.2, 0) is 9.59 Å².